The third-order valence-electron chi connectivity index (χ3n) is 3.33. The molecule has 2 aromatic carbocycles. The lowest BCUT2D eigenvalue weighted by atomic mass is 10.2. The maximum Gasteiger partial charge on any atom is 0.337 e. The van der Waals surface area contributed by atoms with Crippen LogP contribution in [0, 0.1) is 0 Å². The lowest BCUT2D eigenvalue weighted by Crippen LogP contribution is -2.00. The van der Waals surface area contributed by atoms with Crippen LogP contribution in [0.2, 0.25) is 0 Å². The molecule has 0 amide bonds. The zero-order valence-electron chi connectivity index (χ0n) is 13.0. The number of hydrogen-bond donors (Lipinski definition) is 1. The van der Waals surface area contributed by atoms with E-state index < -0.39 is 5.97 Å². The first-order valence-corrected chi connectivity index (χ1v) is 7.06. The highest BCUT2D eigenvalue weighted by molar-refractivity contribution is 5.93. The van der Waals surface area contributed by atoms with Crippen molar-refractivity contribution in [3.8, 4) is 0 Å². The molecule has 0 saturated carbocycles. The Morgan fingerprint density at radius 3 is 1.96 bits per heavy atom. The smallest absolute Gasteiger partial charge is 0.337 e. The summed E-state index contributed by atoms with van der Waals surface area (Å²) in [7, 11) is 1.34. The highest BCUT2D eigenvalue weighted by Crippen LogP contribution is 2.15. The van der Waals surface area contributed by atoms with Crippen LogP contribution in [-0.4, -0.2) is 34.1 Å². The zero-order valence-corrected chi connectivity index (χ0v) is 13.0. The fourth-order valence-electron chi connectivity index (χ4n) is 2.09. The number of carbonyl (C=O) groups is 2. The Labute approximate surface area is 140 Å². The van der Waals surface area contributed by atoms with Crippen LogP contribution >= 0.6 is 0 Å². The summed E-state index contributed by atoms with van der Waals surface area (Å²) >= 11 is 0. The molecule has 0 unspecified atom stereocenters. The Morgan fingerprint density at radius 1 is 0.920 bits per heavy atom. The van der Waals surface area contributed by atoms with E-state index in [1.54, 1.807) is 24.3 Å². The van der Waals surface area contributed by atoms with E-state index in [9.17, 15) is 9.59 Å². The Balaban J connectivity index is 0.000000146. The van der Waals surface area contributed by atoms with E-state index in [-0.39, 0.29) is 11.5 Å². The second-order valence-electron chi connectivity index (χ2n) is 4.87. The minimum Gasteiger partial charge on any atom is -0.478 e. The molecule has 8 nitrogen and oxygen atoms in total. The van der Waals surface area contributed by atoms with E-state index in [0.29, 0.717) is 27.8 Å². The van der Waals surface area contributed by atoms with Gasteiger partial charge < -0.3 is 18.7 Å². The summed E-state index contributed by atoms with van der Waals surface area (Å²) in [4.78, 5) is 29.4. The van der Waals surface area contributed by atoms with Crippen LogP contribution in [0.5, 0.6) is 0 Å². The molecule has 4 aromatic rings. The topological polar surface area (TPSA) is 116 Å². The zero-order chi connectivity index (χ0) is 17.8. The van der Waals surface area contributed by atoms with Gasteiger partial charge in [0, 0.05) is 0 Å². The number of hydrogen-bond acceptors (Lipinski definition) is 7. The van der Waals surface area contributed by atoms with Gasteiger partial charge in [-0.25, -0.2) is 19.6 Å². The number of benzene rings is 2. The highest BCUT2D eigenvalue weighted by Gasteiger charge is 2.07. The molecule has 0 fully saturated rings. The molecule has 2 aromatic heterocycles. The van der Waals surface area contributed by atoms with Crippen molar-refractivity contribution in [1.29, 1.82) is 0 Å². The Hall–Kier alpha value is -3.68. The molecule has 0 spiro atoms. The van der Waals surface area contributed by atoms with Crippen molar-refractivity contribution in [2.75, 3.05) is 7.11 Å². The van der Waals surface area contributed by atoms with Crippen LogP contribution in [-0.2, 0) is 4.74 Å². The second kappa shape index (κ2) is 6.83. The number of carboxylic acid groups (broad SMARTS) is 1. The molecular weight excluding hydrogens is 328 g/mol. The van der Waals surface area contributed by atoms with Gasteiger partial charge in [-0.15, -0.1) is 0 Å². The van der Waals surface area contributed by atoms with E-state index in [1.807, 2.05) is 0 Å². The number of oxazole rings is 2. The van der Waals surface area contributed by atoms with Crippen LogP contribution in [0.4, 0.5) is 0 Å². The number of methoxy groups -OCH3 is 1. The monoisotopic (exact) mass is 340 g/mol. The summed E-state index contributed by atoms with van der Waals surface area (Å²) in [5.41, 5.74) is 3.17. The third kappa shape index (κ3) is 3.47. The van der Waals surface area contributed by atoms with Gasteiger partial charge in [-0.3, -0.25) is 0 Å². The minimum atomic E-state index is -0.958. The minimum absolute atomic E-state index is 0.219. The van der Waals surface area contributed by atoms with E-state index in [1.165, 1.54) is 32.0 Å². The van der Waals surface area contributed by atoms with Crippen LogP contribution in [0.25, 0.3) is 22.2 Å². The molecule has 0 saturated heterocycles. The standard InChI is InChI=1S/C9H7NO3.C8H5NO3/c1-12-9(11)6-2-3-8-7(4-6)10-5-13-8;10-8(11)5-1-2-7-6(3-5)9-4-12-7/h2-5H,1H3;1-4H,(H,10,11). The van der Waals surface area contributed by atoms with Gasteiger partial charge in [-0.05, 0) is 36.4 Å². The number of fused-ring (bicyclic) bond motifs is 2. The maximum absolute atomic E-state index is 11.1. The van der Waals surface area contributed by atoms with Gasteiger partial charge in [0.1, 0.15) is 11.0 Å². The number of rotatable bonds is 2. The summed E-state index contributed by atoms with van der Waals surface area (Å²) in [6, 6.07) is 9.50. The molecule has 25 heavy (non-hydrogen) atoms. The Morgan fingerprint density at radius 2 is 1.44 bits per heavy atom. The summed E-state index contributed by atoms with van der Waals surface area (Å²) < 4.78 is 14.5. The lowest BCUT2D eigenvalue weighted by molar-refractivity contribution is 0.0600. The van der Waals surface area contributed by atoms with E-state index in [2.05, 4.69) is 14.7 Å². The van der Waals surface area contributed by atoms with Gasteiger partial charge in [0.2, 0.25) is 0 Å². The molecule has 4 rings (SSSR count). The van der Waals surface area contributed by atoms with Gasteiger partial charge in [0.05, 0.1) is 18.2 Å². The fraction of sp³-hybridized carbons (Fsp3) is 0.0588. The molecule has 0 aliphatic rings. The molecule has 0 atom stereocenters. The number of carboxylic acids is 1. The van der Waals surface area contributed by atoms with Crippen molar-refractivity contribution in [2.24, 2.45) is 0 Å². The second-order valence-corrected chi connectivity index (χ2v) is 4.87. The van der Waals surface area contributed by atoms with Gasteiger partial charge in [-0.1, -0.05) is 0 Å². The van der Waals surface area contributed by atoms with Crippen molar-refractivity contribution < 1.29 is 28.3 Å². The van der Waals surface area contributed by atoms with Crippen LogP contribution < -0.4 is 0 Å². The van der Waals surface area contributed by atoms with E-state index in [0.717, 1.165) is 0 Å². The molecule has 0 bridgehead atoms. The molecule has 0 radical (unpaired) electrons. The maximum atomic E-state index is 11.1. The molecule has 126 valence electrons. The SMILES string of the molecule is COC(=O)c1ccc2ocnc2c1.O=C(O)c1ccc2ocnc2c1. The third-order valence-corrected chi connectivity index (χ3v) is 3.33. The summed E-state index contributed by atoms with van der Waals surface area (Å²) in [6.07, 6.45) is 2.63. The fourth-order valence-corrected chi connectivity index (χ4v) is 2.09. The Kier molecular flexibility index (Phi) is 4.42. The normalized spacial score (nSPS) is 10.3. The van der Waals surface area contributed by atoms with E-state index >= 15 is 0 Å². The van der Waals surface area contributed by atoms with Gasteiger partial charge in [0.15, 0.2) is 24.0 Å². The van der Waals surface area contributed by atoms with Crippen molar-refractivity contribution in [2.45, 2.75) is 0 Å². The summed E-state index contributed by atoms with van der Waals surface area (Å²) in [6.45, 7) is 0. The van der Waals surface area contributed by atoms with Gasteiger partial charge in [-0.2, -0.15) is 0 Å². The largest absolute Gasteiger partial charge is 0.478 e. The van der Waals surface area contributed by atoms with Gasteiger partial charge in [0.25, 0.3) is 0 Å². The number of carbonyl (C=O) groups excluding carboxylic acids is 1. The molecule has 0 aliphatic heterocycles. The molecule has 1 N–H and O–H groups in total. The summed E-state index contributed by atoms with van der Waals surface area (Å²) in [5.74, 6) is -1.33. The predicted octanol–water partition coefficient (Wildman–Crippen LogP) is 3.14. The Bertz CT molecular complexity index is 1050. The quantitative estimate of drug-likeness (QED) is 0.553. The average molecular weight is 340 g/mol. The lowest BCUT2D eigenvalue weighted by Gasteiger charge is -1.96. The average Bonchev–Trinajstić information content (AvgIpc) is 3.28. The first kappa shape index (κ1) is 16.2. The number of aromatic nitrogens is 2. The van der Waals surface area contributed by atoms with Crippen molar-refractivity contribution in [3.05, 3.63) is 60.3 Å². The number of ether oxygens (including phenoxy) is 1. The van der Waals surface area contributed by atoms with Crippen molar-refractivity contribution in [3.63, 3.8) is 0 Å². The summed E-state index contributed by atoms with van der Waals surface area (Å²) in [5, 5.41) is 8.62. The number of aromatic carboxylic acids is 1. The molecule has 0 aliphatic carbocycles. The van der Waals surface area contributed by atoms with E-state index in [4.69, 9.17) is 13.9 Å². The first-order chi connectivity index (χ1) is 12.1. The predicted molar refractivity (Wildman–Crippen MR) is 86.3 cm³/mol. The van der Waals surface area contributed by atoms with Crippen molar-refractivity contribution >= 4 is 34.1 Å². The van der Waals surface area contributed by atoms with Crippen LogP contribution in [0.15, 0.2) is 58.0 Å². The van der Waals surface area contributed by atoms with Crippen molar-refractivity contribution in [1.82, 2.24) is 9.97 Å². The van der Waals surface area contributed by atoms with Crippen LogP contribution in [0.1, 0.15) is 20.7 Å². The molecule has 8 heteroatoms. The molecular formula is C17H12N2O6. The number of esters is 1. The first-order valence-electron chi connectivity index (χ1n) is 7.06. The molecule has 2 heterocycles. The van der Waals surface area contributed by atoms with Crippen LogP contribution in [0.3, 0.4) is 0 Å². The highest BCUT2D eigenvalue weighted by atomic mass is 16.5. The number of nitrogens with zero attached hydrogens (tertiary/aromatic N) is 2. The van der Waals surface area contributed by atoms with Gasteiger partial charge >= 0.3 is 11.9 Å².